The van der Waals surface area contributed by atoms with E-state index in [-0.39, 0.29) is 6.15 Å². The minimum absolute atomic E-state index is 0. The molecule has 0 aromatic rings. The number of hydrogen-bond acceptors (Lipinski definition) is 1. The van der Waals surface area contributed by atoms with Crippen LogP contribution in [0.5, 0.6) is 0 Å². The molecule has 0 heterocycles. The molecule has 0 aromatic heterocycles. The molecule has 0 radical (unpaired) electrons. The van der Waals surface area contributed by atoms with Crippen molar-refractivity contribution in [3.8, 4) is 0 Å². The van der Waals surface area contributed by atoms with Gasteiger partial charge in [-0.25, -0.2) is 0 Å². The molecular weight excluding hydrogens is 211 g/mol. The molecule has 1 nitrogen and oxygen atoms in total. The van der Waals surface area contributed by atoms with Gasteiger partial charge < -0.3 is 6.15 Å². The predicted molar refractivity (Wildman–Crippen MR) is 28.4 cm³/mol. The maximum atomic E-state index is 4.97. The second-order valence-corrected chi connectivity index (χ2v) is 12.0. The van der Waals surface area contributed by atoms with Crippen molar-refractivity contribution in [3.05, 3.63) is 0 Å². The van der Waals surface area contributed by atoms with Crippen LogP contribution in [0.1, 0.15) is 0 Å². The monoisotopic (exact) mass is 212 g/mol. The molecule has 0 unspecified atom stereocenters. The number of hydrogen-bond donors (Lipinski definition) is 1. The summed E-state index contributed by atoms with van der Waals surface area (Å²) in [5, 5.41) is 0. The van der Waals surface area contributed by atoms with E-state index in [0.717, 1.165) is 0 Å². The van der Waals surface area contributed by atoms with Gasteiger partial charge in [0.25, 0.3) is 0 Å². The molecule has 0 aliphatic rings. The van der Waals surface area contributed by atoms with Gasteiger partial charge in [0, 0.05) is 0 Å². The minimum atomic E-state index is -2.74. The molecule has 0 atom stereocenters. The number of halogens is 4. The zero-order chi connectivity index (χ0) is 4.50. The van der Waals surface area contributed by atoms with Crippen LogP contribution in [-0.2, 0) is 9.20 Å². The molecule has 6 heteroatoms. The number of rotatable bonds is 0. The summed E-state index contributed by atoms with van der Waals surface area (Å²) in [5.74, 6) is 0. The Morgan fingerprint density at radius 3 is 0.833 bits per heavy atom. The van der Waals surface area contributed by atoms with Crippen LogP contribution in [-0.4, -0.2) is 0 Å². The summed E-state index contributed by atoms with van der Waals surface area (Å²) in [4.78, 5) is 0. The quantitative estimate of drug-likeness (QED) is 0.617. The summed E-state index contributed by atoms with van der Waals surface area (Å²) in [5.41, 5.74) is 0. The Morgan fingerprint density at radius 1 is 0.833 bits per heavy atom. The zero-order valence-corrected chi connectivity index (χ0v) is 6.80. The second kappa shape index (κ2) is 3.62. The molecule has 43 valence electrons. The van der Waals surface area contributed by atoms with Crippen molar-refractivity contribution in [1.82, 2.24) is 6.15 Å². The molecule has 0 rings (SSSR count). The Bertz CT molecular complexity index is 23.0. The van der Waals surface area contributed by atoms with E-state index in [1.165, 1.54) is 0 Å². The fourth-order valence-corrected chi connectivity index (χ4v) is 0. The van der Waals surface area contributed by atoms with Gasteiger partial charge >= 0.3 is 49.6 Å². The van der Waals surface area contributed by atoms with Crippen molar-refractivity contribution < 1.29 is 9.20 Å². The molecule has 0 fully saturated rings. The first kappa shape index (κ1) is 10.6. The van der Waals surface area contributed by atoms with Crippen LogP contribution in [0.3, 0.4) is 0 Å². The molecule has 0 spiro atoms. The predicted octanol–water partition coefficient (Wildman–Crippen LogP) is 2.92. The summed E-state index contributed by atoms with van der Waals surface area (Å²) >= 11 is 0. The molecule has 6 heavy (non-hydrogen) atoms. The third-order valence-corrected chi connectivity index (χ3v) is 0. The van der Waals surface area contributed by atoms with E-state index in [2.05, 4.69) is 0 Å². The molecule has 0 bridgehead atoms. The molecular formula is H3Cl4MnN. The van der Waals surface area contributed by atoms with Crippen LogP contribution >= 0.6 is 40.4 Å². The SMILES string of the molecule is N.[Cl][Mn]([Cl])([Cl])[Cl]. The zero-order valence-electron chi connectivity index (χ0n) is 2.60. The Labute approximate surface area is 55.6 Å². The summed E-state index contributed by atoms with van der Waals surface area (Å²) in [6, 6.07) is 0. The molecule has 0 amide bonds. The molecule has 0 saturated heterocycles. The fourth-order valence-electron chi connectivity index (χ4n) is 0. The van der Waals surface area contributed by atoms with Crippen LogP contribution < -0.4 is 6.15 Å². The van der Waals surface area contributed by atoms with Crippen molar-refractivity contribution >= 4 is 40.4 Å². The van der Waals surface area contributed by atoms with Crippen LogP contribution in [0, 0.1) is 0 Å². The molecule has 0 saturated carbocycles. The van der Waals surface area contributed by atoms with Crippen molar-refractivity contribution in [1.29, 1.82) is 0 Å². The van der Waals surface area contributed by atoms with Gasteiger partial charge in [0.1, 0.15) is 0 Å². The van der Waals surface area contributed by atoms with Gasteiger partial charge in [-0.05, 0) is 0 Å². The van der Waals surface area contributed by atoms with E-state index in [4.69, 9.17) is 40.4 Å². The first-order valence-electron chi connectivity index (χ1n) is 0.571. The first-order chi connectivity index (χ1) is 2.00. The Hall–Kier alpha value is 1.64. The van der Waals surface area contributed by atoms with E-state index in [0.29, 0.717) is 0 Å². The van der Waals surface area contributed by atoms with Crippen LogP contribution in [0.25, 0.3) is 0 Å². The van der Waals surface area contributed by atoms with Gasteiger partial charge in [0.2, 0.25) is 0 Å². The average molecular weight is 214 g/mol. The van der Waals surface area contributed by atoms with Crippen LogP contribution in [0.2, 0.25) is 0 Å². The summed E-state index contributed by atoms with van der Waals surface area (Å²) in [6.07, 6.45) is 0. The van der Waals surface area contributed by atoms with Gasteiger partial charge in [0.15, 0.2) is 0 Å². The molecule has 3 N–H and O–H groups in total. The van der Waals surface area contributed by atoms with Gasteiger partial charge in [-0.15, -0.1) is 0 Å². The molecule has 0 aliphatic carbocycles. The van der Waals surface area contributed by atoms with E-state index >= 15 is 0 Å². The van der Waals surface area contributed by atoms with Crippen LogP contribution in [0.4, 0.5) is 0 Å². The molecule has 0 aliphatic heterocycles. The average Bonchev–Trinajstić information content (AvgIpc) is 0.722. The Morgan fingerprint density at radius 2 is 0.833 bits per heavy atom. The van der Waals surface area contributed by atoms with E-state index in [1.54, 1.807) is 0 Å². The van der Waals surface area contributed by atoms with Crippen molar-refractivity contribution in [2.75, 3.05) is 0 Å². The van der Waals surface area contributed by atoms with E-state index in [9.17, 15) is 0 Å². The van der Waals surface area contributed by atoms with Crippen LogP contribution in [0.15, 0.2) is 0 Å². The van der Waals surface area contributed by atoms with Gasteiger partial charge in [-0.2, -0.15) is 0 Å². The maximum absolute atomic E-state index is 4.97. The normalized spacial score (nSPS) is 12.7. The first-order valence-corrected chi connectivity index (χ1v) is 7.07. The second-order valence-electron chi connectivity index (χ2n) is 0.324. The van der Waals surface area contributed by atoms with Gasteiger partial charge in [-0.1, -0.05) is 0 Å². The Kier molecular flexibility index (Phi) is 6.39. The third kappa shape index (κ3) is 45.2. The fraction of sp³-hybridized carbons (Fsp3) is 0. The van der Waals surface area contributed by atoms with Crippen molar-refractivity contribution in [3.63, 3.8) is 0 Å². The Balaban J connectivity index is 0. The van der Waals surface area contributed by atoms with Crippen molar-refractivity contribution in [2.45, 2.75) is 0 Å². The van der Waals surface area contributed by atoms with Gasteiger partial charge in [-0.3, -0.25) is 0 Å². The molecule has 0 aromatic carbocycles. The summed E-state index contributed by atoms with van der Waals surface area (Å²) in [6.45, 7) is 0. The standard InChI is InChI=1S/4ClH.Mn.H3N/h4*1H;;1H3/q;;;;+4;/p-4. The van der Waals surface area contributed by atoms with Gasteiger partial charge in [0.05, 0.1) is 0 Å². The summed E-state index contributed by atoms with van der Waals surface area (Å²) in [7, 11) is 17.1. The van der Waals surface area contributed by atoms with E-state index < -0.39 is 9.20 Å². The topological polar surface area (TPSA) is 35.0 Å². The van der Waals surface area contributed by atoms with Crippen molar-refractivity contribution in [2.24, 2.45) is 0 Å². The third-order valence-electron chi connectivity index (χ3n) is 0. The van der Waals surface area contributed by atoms with E-state index in [1.807, 2.05) is 0 Å². The summed E-state index contributed by atoms with van der Waals surface area (Å²) < 4.78 is 0.